The van der Waals surface area contributed by atoms with Crippen LogP contribution in [0.5, 0.6) is 0 Å². The summed E-state index contributed by atoms with van der Waals surface area (Å²) in [6.07, 6.45) is -4.37. The van der Waals surface area contributed by atoms with Crippen LogP contribution in [-0.2, 0) is 117 Å². The summed E-state index contributed by atoms with van der Waals surface area (Å²) in [5.74, 6) is -19.8. The van der Waals surface area contributed by atoms with E-state index in [4.69, 9.17) is 17.2 Å². The number of hydrogen-bond acceptors (Lipinski definition) is 23. The quantitative estimate of drug-likeness (QED) is 0.0195. The number of rotatable bonds is 51. The average Bonchev–Trinajstić information content (AvgIpc) is 0.853. The zero-order chi connectivity index (χ0) is 91.9. The first-order valence-electron chi connectivity index (χ1n) is 39.4. The van der Waals surface area contributed by atoms with Gasteiger partial charge in [-0.15, -0.1) is 0 Å². The molecular weight excluding hydrogens is 1610 g/mol. The Balaban J connectivity index is 1.48. The summed E-state index contributed by atoms with van der Waals surface area (Å²) < 4.78 is 0. The summed E-state index contributed by atoms with van der Waals surface area (Å²) >= 11 is 0. The molecule has 0 aliphatic rings. The first-order chi connectivity index (χ1) is 58.0. The van der Waals surface area contributed by atoms with Gasteiger partial charge in [-0.3, -0.25) is 91.1 Å². The highest BCUT2D eigenvalue weighted by Gasteiger charge is 2.39. The molecule has 17 atom stereocenters. The second kappa shape index (κ2) is 51.3. The van der Waals surface area contributed by atoms with Crippen LogP contribution >= 0.6 is 0 Å². The molecule has 4 aromatic rings. The number of primary amides is 2. The third kappa shape index (κ3) is 35.9. The maximum Gasteiger partial charge on any atom is 0.325 e. The molecule has 0 bridgehead atoms. The van der Waals surface area contributed by atoms with Gasteiger partial charge in [0.2, 0.25) is 106 Å². The van der Waals surface area contributed by atoms with Gasteiger partial charge in [0.15, 0.2) is 0 Å². The number of carboxylic acid groups (broad SMARTS) is 1. The molecule has 670 valence electrons. The Hall–Kier alpha value is -13.3. The van der Waals surface area contributed by atoms with Crippen molar-refractivity contribution >= 4 is 112 Å². The minimum atomic E-state index is -1.84. The molecule has 42 nitrogen and oxygen atoms in total. The molecule has 0 aliphatic carbocycles. The van der Waals surface area contributed by atoms with Gasteiger partial charge in [0.25, 0.3) is 0 Å². The Bertz CT molecular complexity index is 4320. The van der Waals surface area contributed by atoms with Crippen LogP contribution in [0.2, 0.25) is 0 Å². The highest BCUT2D eigenvalue weighted by Crippen LogP contribution is 2.14. The Morgan fingerprint density at radius 2 is 0.561 bits per heavy atom. The zero-order valence-electron chi connectivity index (χ0n) is 69.5. The van der Waals surface area contributed by atoms with E-state index >= 15 is 0 Å². The van der Waals surface area contributed by atoms with Gasteiger partial charge >= 0.3 is 5.97 Å². The van der Waals surface area contributed by atoms with Crippen LogP contribution in [0.25, 0.3) is 0 Å². The van der Waals surface area contributed by atoms with Crippen LogP contribution < -0.4 is 102 Å². The fourth-order valence-electron chi connectivity index (χ4n) is 11.8. The third-order valence-corrected chi connectivity index (χ3v) is 18.7. The SMILES string of the molecule is CC(C)C[C@H](NC(=O)[C@H](CO)NC(=O)CN)C(=O)N[C@@H](CO)C(=O)N[C@@H](C)C(=O)N[C@@H](Cc1ccccc1)C(=O)N[C@@H](Cc1ccccc1)C(=O)N[C@@H](C)C(=O)N[C@@H](C)C(=O)N[C@@H](Cc1ccccc1)C(=O)N[C@@H](CC(N)=O)C(=O)N[C@@H](C)C(=O)N[C@@H](C)C(=O)N[C@@H](Cc1ccccc1)C(=O)N[C@H](C(=O)N[C@@H](CCC(N)=O)C(=O)N[C@@H](C)C(=O)O)[C@@H](C)O. The number of aliphatic hydroxyl groups excluding tert-OH is 3. The van der Waals surface area contributed by atoms with Gasteiger partial charge in [0.1, 0.15) is 96.7 Å². The van der Waals surface area contributed by atoms with Crippen molar-refractivity contribution in [2.24, 2.45) is 23.1 Å². The lowest BCUT2D eigenvalue weighted by Gasteiger charge is -2.28. The maximum absolute atomic E-state index is 14.6. The molecule has 0 heterocycles. The predicted molar refractivity (Wildman–Crippen MR) is 440 cm³/mol. The van der Waals surface area contributed by atoms with E-state index in [1.165, 1.54) is 34.6 Å². The highest BCUT2D eigenvalue weighted by molar-refractivity contribution is 6.02. The lowest BCUT2D eigenvalue weighted by atomic mass is 10.0. The van der Waals surface area contributed by atoms with Crippen LogP contribution in [0.15, 0.2) is 121 Å². The second-order valence-corrected chi connectivity index (χ2v) is 29.7. The number of benzene rings is 4. The van der Waals surface area contributed by atoms with Crippen LogP contribution in [0.1, 0.15) is 110 Å². The first kappa shape index (κ1) is 102. The molecule has 0 saturated heterocycles. The summed E-state index contributed by atoms with van der Waals surface area (Å²) in [7, 11) is 0. The van der Waals surface area contributed by atoms with Crippen molar-refractivity contribution in [2.45, 2.75) is 216 Å². The number of amides is 18. The molecule has 0 saturated carbocycles. The van der Waals surface area contributed by atoms with Crippen molar-refractivity contribution in [3.63, 3.8) is 0 Å². The Labute approximate surface area is 708 Å². The van der Waals surface area contributed by atoms with E-state index in [1.54, 1.807) is 135 Å². The maximum atomic E-state index is 14.6. The molecule has 42 heteroatoms. The van der Waals surface area contributed by atoms with Crippen LogP contribution in [0.4, 0.5) is 0 Å². The number of aliphatic carboxylic acids is 1. The van der Waals surface area contributed by atoms with Gasteiger partial charge in [-0.25, -0.2) is 0 Å². The Morgan fingerprint density at radius 3 is 0.894 bits per heavy atom. The van der Waals surface area contributed by atoms with Crippen LogP contribution in [-0.4, -0.2) is 255 Å². The lowest BCUT2D eigenvalue weighted by Crippen LogP contribution is -2.61. The number of nitrogens with two attached hydrogens (primary N) is 3. The Morgan fingerprint density at radius 1 is 0.301 bits per heavy atom. The standard InChI is InChI=1S/C81H113N19O23/c1-41(2)32-54(96-79(120)60(39-101)91-64(106)38-82)74(115)99-61(40-102)78(119)89-46(7)70(111)94-56(34-50-24-16-11-17-25-50)75(116)97-55(33-49-22-14-10-15-23-49)72(113)87-42(3)66(107)85-44(5)68(109)93-57(35-51-26-18-12-19-27-51)76(117)98-59(37-63(84)105)73(114)88-43(4)67(108)86-45(6)69(110)95-58(36-52-28-20-13-21-29-52)77(118)100-65(48(9)103)80(121)92-53(30-31-62(83)104)71(112)90-47(8)81(122)123/h10-29,41-48,53-61,65,101-103H,30-40,82H2,1-9H3,(H2,83,104)(H2,84,105)(H,85,107)(H,86,108)(H,87,113)(H,88,114)(H,89,119)(H,90,112)(H,91,106)(H,92,121)(H,93,109)(H,94,111)(H,95,110)(H,96,120)(H,97,116)(H,98,117)(H,99,115)(H,100,118)(H,122,123)/t42-,43-,44-,45-,46-,47-,48+,53-,54-,55-,56-,57-,58-,59-,60-,61-,65-/m0/s1. The molecule has 0 unspecified atom stereocenters. The van der Waals surface area contributed by atoms with Gasteiger partial charge in [-0.05, 0) is 89.5 Å². The molecule has 18 amide bonds. The Kier molecular flexibility index (Phi) is 42.5. The summed E-state index contributed by atoms with van der Waals surface area (Å²) in [6, 6.07) is 7.87. The van der Waals surface area contributed by atoms with E-state index in [9.17, 15) is 112 Å². The fraction of sp³-hybridized carbons (Fsp3) is 0.469. The molecule has 4 aromatic carbocycles. The van der Waals surface area contributed by atoms with E-state index < -0.39 is 254 Å². The molecule has 0 radical (unpaired) electrons. The number of carbonyl (C=O) groups excluding carboxylic acids is 18. The normalized spacial score (nSPS) is 15.1. The minimum Gasteiger partial charge on any atom is -0.480 e. The number of aliphatic hydroxyl groups is 3. The molecule has 4 rings (SSSR count). The number of hydrogen-bond donors (Lipinski definition) is 23. The third-order valence-electron chi connectivity index (χ3n) is 18.7. The van der Waals surface area contributed by atoms with E-state index in [-0.39, 0.29) is 38.0 Å². The summed E-state index contributed by atoms with van der Waals surface area (Å²) in [4.78, 5) is 256. The summed E-state index contributed by atoms with van der Waals surface area (Å²) in [6.45, 7) is 9.42. The van der Waals surface area contributed by atoms with Crippen molar-refractivity contribution in [3.8, 4) is 0 Å². The van der Waals surface area contributed by atoms with Crippen molar-refractivity contribution in [2.75, 3.05) is 19.8 Å². The number of carboxylic acids is 1. The minimum absolute atomic E-state index is 0.0105. The lowest BCUT2D eigenvalue weighted by molar-refractivity contribution is -0.142. The van der Waals surface area contributed by atoms with Crippen molar-refractivity contribution in [1.82, 2.24) is 85.1 Å². The van der Waals surface area contributed by atoms with Crippen LogP contribution in [0.3, 0.4) is 0 Å². The van der Waals surface area contributed by atoms with Gasteiger partial charge in [0.05, 0.1) is 32.3 Å². The van der Waals surface area contributed by atoms with E-state index in [0.29, 0.717) is 22.3 Å². The molecule has 0 aromatic heterocycles. The van der Waals surface area contributed by atoms with Gasteiger partial charge in [-0.1, -0.05) is 135 Å². The smallest absolute Gasteiger partial charge is 0.325 e. The first-order valence-corrected chi connectivity index (χ1v) is 39.4. The molecule has 26 N–H and O–H groups in total. The molecule has 0 spiro atoms. The molecule has 123 heavy (non-hydrogen) atoms. The van der Waals surface area contributed by atoms with Crippen molar-refractivity contribution in [1.29, 1.82) is 0 Å². The number of carbonyl (C=O) groups is 19. The topological polar surface area (TPSA) is 676 Å². The van der Waals surface area contributed by atoms with Crippen LogP contribution in [0, 0.1) is 5.92 Å². The average molecular weight is 1720 g/mol. The van der Waals surface area contributed by atoms with Gasteiger partial charge in [-0.2, -0.15) is 0 Å². The summed E-state index contributed by atoms with van der Waals surface area (Å²) in [5.41, 5.74) is 18.1. The zero-order valence-corrected chi connectivity index (χ0v) is 69.5. The largest absolute Gasteiger partial charge is 0.480 e. The van der Waals surface area contributed by atoms with E-state index in [2.05, 4.69) is 85.1 Å². The molecule has 0 fully saturated rings. The van der Waals surface area contributed by atoms with Gasteiger partial charge in [0, 0.05) is 32.1 Å². The van der Waals surface area contributed by atoms with E-state index in [0.717, 1.165) is 13.8 Å². The van der Waals surface area contributed by atoms with Gasteiger partial charge < -0.3 is 123 Å². The van der Waals surface area contributed by atoms with Crippen molar-refractivity contribution in [3.05, 3.63) is 144 Å². The summed E-state index contributed by atoms with van der Waals surface area (Å²) in [5, 5.41) is 78.6. The van der Waals surface area contributed by atoms with Crippen molar-refractivity contribution < 1.29 is 112 Å². The second-order valence-electron chi connectivity index (χ2n) is 29.7. The monoisotopic (exact) mass is 1720 g/mol. The highest BCUT2D eigenvalue weighted by atomic mass is 16.4. The molecule has 0 aliphatic heterocycles. The molecular formula is C81H113N19O23. The van der Waals surface area contributed by atoms with E-state index in [1.807, 2.05) is 0 Å². The predicted octanol–water partition coefficient (Wildman–Crippen LogP) is -7.57. The fourth-order valence-corrected chi connectivity index (χ4v) is 11.8. The number of nitrogens with one attached hydrogen (secondary N) is 16.